The molecule has 2 heterocycles. The van der Waals surface area contributed by atoms with E-state index in [1.165, 1.54) is 32.5 Å². The van der Waals surface area contributed by atoms with Crippen LogP contribution in [0.2, 0.25) is 0 Å². The van der Waals surface area contributed by atoms with Gasteiger partial charge in [0, 0.05) is 20.8 Å². The number of nitrogens with one attached hydrogen (secondary N) is 1. The van der Waals surface area contributed by atoms with Gasteiger partial charge in [0.15, 0.2) is 17.4 Å². The lowest BCUT2D eigenvalue weighted by molar-refractivity contribution is -0.209. The van der Waals surface area contributed by atoms with Gasteiger partial charge < -0.3 is 24.3 Å². The second kappa shape index (κ2) is 9.17. The summed E-state index contributed by atoms with van der Waals surface area (Å²) in [5.41, 5.74) is -0.537. The first-order valence-electron chi connectivity index (χ1n) is 7.98. The van der Waals surface area contributed by atoms with Crippen molar-refractivity contribution in [2.45, 2.75) is 50.6 Å². The maximum Gasteiger partial charge on any atom is 0.303 e. The summed E-state index contributed by atoms with van der Waals surface area (Å²) < 4.78 is 33.9. The van der Waals surface area contributed by atoms with Gasteiger partial charge in [-0.3, -0.25) is 19.4 Å². The Kier molecular flexibility index (Phi) is 7.21. The minimum Gasteiger partial charge on any atom is -0.463 e. The van der Waals surface area contributed by atoms with E-state index < -0.39 is 54.4 Å². The number of rotatable bonds is 6. The van der Waals surface area contributed by atoms with Crippen LogP contribution >= 0.6 is 11.8 Å². The van der Waals surface area contributed by atoms with Crippen LogP contribution in [0.3, 0.4) is 0 Å². The van der Waals surface area contributed by atoms with Crippen LogP contribution in [0.15, 0.2) is 4.99 Å². The third kappa shape index (κ3) is 5.31. The third-order valence-corrected chi connectivity index (χ3v) is 4.67. The van der Waals surface area contributed by atoms with Crippen LogP contribution in [0.5, 0.6) is 0 Å². The molecule has 146 valence electrons. The largest absolute Gasteiger partial charge is 0.463 e. The molecule has 2 aliphatic heterocycles. The molecular weight excluding hydrogens is 371 g/mol. The van der Waals surface area contributed by atoms with E-state index in [2.05, 4.69) is 10.3 Å². The van der Waals surface area contributed by atoms with Crippen LogP contribution in [0.1, 0.15) is 20.8 Å². The van der Waals surface area contributed by atoms with E-state index in [0.717, 1.165) is 0 Å². The average molecular weight is 392 g/mol. The van der Waals surface area contributed by atoms with Gasteiger partial charge in [0.2, 0.25) is 0 Å². The minimum atomic E-state index is -0.981. The number of nitrogens with zero attached hydrogens (tertiary/aromatic N) is 1. The Morgan fingerprint density at radius 3 is 2.38 bits per heavy atom. The molecule has 26 heavy (non-hydrogen) atoms. The zero-order valence-electron chi connectivity index (χ0n) is 14.6. The molecule has 2 unspecified atom stereocenters. The molecular formula is C15H21FN2O7S. The Morgan fingerprint density at radius 2 is 1.81 bits per heavy atom. The molecule has 2 rings (SSSR count). The van der Waals surface area contributed by atoms with Gasteiger partial charge in [-0.1, -0.05) is 11.8 Å². The topological polar surface area (TPSA) is 113 Å². The zero-order valence-corrected chi connectivity index (χ0v) is 15.4. The summed E-state index contributed by atoms with van der Waals surface area (Å²) in [5, 5.41) is 3.45. The number of carbonyl (C=O) groups excluding carboxylic acids is 3. The van der Waals surface area contributed by atoms with Crippen LogP contribution in [0, 0.1) is 0 Å². The van der Waals surface area contributed by atoms with Crippen molar-refractivity contribution in [2.24, 2.45) is 4.99 Å². The number of amidine groups is 1. The van der Waals surface area contributed by atoms with Gasteiger partial charge in [0.25, 0.3) is 0 Å². The summed E-state index contributed by atoms with van der Waals surface area (Å²) in [6.45, 7) is 2.88. The summed E-state index contributed by atoms with van der Waals surface area (Å²) in [6, 6.07) is -0.555. The number of hydrogen-bond donors (Lipinski definition) is 1. The molecule has 2 fully saturated rings. The lowest BCUT2D eigenvalue weighted by Gasteiger charge is -2.41. The van der Waals surface area contributed by atoms with E-state index in [1.54, 1.807) is 0 Å². The molecule has 2 saturated heterocycles. The Balaban J connectivity index is 2.26. The average Bonchev–Trinajstić information content (AvgIpc) is 2.95. The van der Waals surface area contributed by atoms with Crippen molar-refractivity contribution in [3.05, 3.63) is 0 Å². The summed E-state index contributed by atoms with van der Waals surface area (Å²) in [4.78, 5) is 38.2. The van der Waals surface area contributed by atoms with Crippen molar-refractivity contribution in [3.8, 4) is 0 Å². The predicted molar refractivity (Wildman–Crippen MR) is 89.2 cm³/mol. The molecule has 5 atom stereocenters. The summed E-state index contributed by atoms with van der Waals surface area (Å²) in [7, 11) is 0. The smallest absolute Gasteiger partial charge is 0.303 e. The maximum atomic E-state index is 12.4. The highest BCUT2D eigenvalue weighted by molar-refractivity contribution is 8.14. The molecule has 0 aromatic rings. The first-order chi connectivity index (χ1) is 12.3. The molecule has 9 nitrogen and oxygen atoms in total. The molecule has 1 N–H and O–H groups in total. The van der Waals surface area contributed by atoms with Gasteiger partial charge in [0.1, 0.15) is 30.9 Å². The number of hydrogen-bond acceptors (Lipinski definition) is 9. The number of fused-ring (bicyclic) bond motifs is 1. The Morgan fingerprint density at radius 1 is 1.15 bits per heavy atom. The first kappa shape index (κ1) is 20.4. The highest BCUT2D eigenvalue weighted by Gasteiger charge is 2.53. The van der Waals surface area contributed by atoms with E-state index in [1.807, 2.05) is 0 Å². The van der Waals surface area contributed by atoms with Gasteiger partial charge in [-0.2, -0.15) is 0 Å². The number of thioether (sulfide) groups is 1. The van der Waals surface area contributed by atoms with Gasteiger partial charge in [-0.05, 0) is 0 Å². The molecule has 2 aliphatic rings. The highest BCUT2D eigenvalue weighted by atomic mass is 32.2. The van der Waals surface area contributed by atoms with E-state index in [0.29, 0.717) is 5.17 Å². The molecule has 0 aliphatic carbocycles. The number of ether oxygens (including phenoxy) is 4. The van der Waals surface area contributed by atoms with Gasteiger partial charge in [0.05, 0.1) is 6.54 Å². The Labute approximate surface area is 154 Å². The Hall–Kier alpha value is -1.88. The van der Waals surface area contributed by atoms with Crippen LogP contribution in [0.4, 0.5) is 4.39 Å². The highest BCUT2D eigenvalue weighted by Crippen LogP contribution is 2.36. The SMILES string of the molecule is CC(=O)OC[C@H]1OC2SC(=NCCF)NC2[C@@H](OC(C)=O)[C@@H]1OC(C)=O. The zero-order chi connectivity index (χ0) is 19.3. The fraction of sp³-hybridized carbons (Fsp3) is 0.733. The van der Waals surface area contributed by atoms with Crippen molar-refractivity contribution in [2.75, 3.05) is 19.8 Å². The van der Waals surface area contributed by atoms with Crippen LogP contribution in [0.25, 0.3) is 0 Å². The minimum absolute atomic E-state index is 0.0166. The lowest BCUT2D eigenvalue weighted by atomic mass is 9.97. The lowest BCUT2D eigenvalue weighted by Crippen LogP contribution is -2.62. The van der Waals surface area contributed by atoms with Crippen LogP contribution in [-0.2, 0) is 33.3 Å². The number of esters is 3. The molecule has 0 aromatic heterocycles. The molecule has 0 saturated carbocycles. The monoisotopic (exact) mass is 392 g/mol. The van der Waals surface area contributed by atoms with Gasteiger partial charge in [-0.15, -0.1) is 0 Å². The van der Waals surface area contributed by atoms with Crippen molar-refractivity contribution in [1.82, 2.24) is 5.32 Å². The molecule has 0 aromatic carbocycles. The summed E-state index contributed by atoms with van der Waals surface area (Å²) in [6.07, 6.45) is -2.70. The molecule has 0 spiro atoms. The number of alkyl halides is 1. The van der Waals surface area contributed by atoms with E-state index in [-0.39, 0.29) is 13.2 Å². The standard InChI is InChI=1S/C15H21FN2O7S/c1-7(19)22-6-10-12(23-8(2)20)13(24-9(3)21)11-14(25-10)26-15(18-11)17-5-4-16/h10-14H,4-6H2,1-3H3,(H,17,18)/t10-,11?,12-,13-,14?/m1/s1. The van der Waals surface area contributed by atoms with Crippen molar-refractivity contribution < 1.29 is 37.7 Å². The summed E-state index contributed by atoms with van der Waals surface area (Å²) >= 11 is 1.20. The normalized spacial score (nSPS) is 31.7. The second-order valence-electron chi connectivity index (χ2n) is 5.66. The van der Waals surface area contributed by atoms with Crippen molar-refractivity contribution in [1.29, 1.82) is 0 Å². The molecule has 11 heteroatoms. The van der Waals surface area contributed by atoms with E-state index >= 15 is 0 Å². The van der Waals surface area contributed by atoms with E-state index in [4.69, 9.17) is 18.9 Å². The van der Waals surface area contributed by atoms with Gasteiger partial charge in [-0.25, -0.2) is 4.39 Å². The molecule has 0 amide bonds. The van der Waals surface area contributed by atoms with Crippen molar-refractivity contribution in [3.63, 3.8) is 0 Å². The number of aliphatic imine (C=N–C) groups is 1. The number of halogens is 1. The molecule has 0 radical (unpaired) electrons. The summed E-state index contributed by atoms with van der Waals surface area (Å²) in [5.74, 6) is -1.69. The maximum absolute atomic E-state index is 12.4. The Bertz CT molecular complexity index is 588. The number of carbonyl (C=O) groups is 3. The quantitative estimate of drug-likeness (QED) is 0.499. The first-order valence-corrected chi connectivity index (χ1v) is 8.86. The van der Waals surface area contributed by atoms with Crippen LogP contribution < -0.4 is 5.32 Å². The predicted octanol–water partition coefficient (Wildman–Crippen LogP) is 0.168. The second-order valence-corrected chi connectivity index (χ2v) is 6.74. The fourth-order valence-corrected chi connectivity index (χ4v) is 3.83. The van der Waals surface area contributed by atoms with E-state index in [9.17, 15) is 18.8 Å². The van der Waals surface area contributed by atoms with Crippen molar-refractivity contribution >= 4 is 34.8 Å². The fourth-order valence-electron chi connectivity index (χ4n) is 2.67. The molecule has 0 bridgehead atoms. The van der Waals surface area contributed by atoms with Crippen LogP contribution in [-0.4, -0.2) is 72.7 Å². The third-order valence-electron chi connectivity index (χ3n) is 3.56. The van der Waals surface area contributed by atoms with Gasteiger partial charge >= 0.3 is 17.9 Å².